The highest BCUT2D eigenvalue weighted by Crippen LogP contribution is 2.36. The predicted octanol–water partition coefficient (Wildman–Crippen LogP) is 5.57. The molecule has 0 amide bonds. The first-order valence-electron chi connectivity index (χ1n) is 8.62. The minimum absolute atomic E-state index is 0.305. The molecule has 0 bridgehead atoms. The zero-order chi connectivity index (χ0) is 17.8. The van der Waals surface area contributed by atoms with E-state index in [1.54, 1.807) is 12.1 Å². The largest absolute Gasteiger partial charge is 0.497 e. The van der Waals surface area contributed by atoms with Crippen LogP contribution in [0.2, 0.25) is 0 Å². The second kappa shape index (κ2) is 7.51. The summed E-state index contributed by atoms with van der Waals surface area (Å²) in [6.45, 7) is 4.97. The second-order valence-corrected chi connectivity index (χ2v) is 6.09. The first-order valence-corrected chi connectivity index (χ1v) is 8.62. The van der Waals surface area contributed by atoms with E-state index < -0.39 is 0 Å². The Hall–Kier alpha value is -2.62. The molecule has 1 N–H and O–H groups in total. The molecule has 0 saturated carbocycles. The highest BCUT2D eigenvalue weighted by molar-refractivity contribution is 6.03. The Kier molecular flexibility index (Phi) is 5.17. The van der Waals surface area contributed by atoms with E-state index in [4.69, 9.17) is 9.72 Å². The Balaban J connectivity index is 2.16. The maximum absolute atomic E-state index is 14.7. The number of rotatable bonds is 6. The van der Waals surface area contributed by atoms with E-state index in [2.05, 4.69) is 12.2 Å². The van der Waals surface area contributed by atoms with Crippen molar-refractivity contribution in [3.05, 3.63) is 54.0 Å². The van der Waals surface area contributed by atoms with E-state index in [0.29, 0.717) is 11.3 Å². The van der Waals surface area contributed by atoms with Gasteiger partial charge in [0.2, 0.25) is 0 Å². The van der Waals surface area contributed by atoms with Crippen molar-refractivity contribution in [2.75, 3.05) is 19.0 Å². The van der Waals surface area contributed by atoms with Crippen LogP contribution in [0.25, 0.3) is 21.9 Å². The molecule has 25 heavy (non-hydrogen) atoms. The Labute approximate surface area is 147 Å². The van der Waals surface area contributed by atoms with Gasteiger partial charge in [-0.3, -0.25) is 0 Å². The number of pyridine rings is 1. The number of halogens is 1. The molecular formula is C21H23FN2O. The summed E-state index contributed by atoms with van der Waals surface area (Å²) in [5.41, 5.74) is 2.18. The fourth-order valence-corrected chi connectivity index (χ4v) is 3.07. The van der Waals surface area contributed by atoms with Crippen molar-refractivity contribution in [3.63, 3.8) is 0 Å². The average Bonchev–Trinajstić information content (AvgIpc) is 2.62. The van der Waals surface area contributed by atoms with Gasteiger partial charge in [0.05, 0.1) is 7.11 Å². The van der Waals surface area contributed by atoms with Gasteiger partial charge in [-0.05, 0) is 30.9 Å². The first-order chi connectivity index (χ1) is 12.2. The van der Waals surface area contributed by atoms with E-state index >= 15 is 0 Å². The lowest BCUT2D eigenvalue weighted by molar-refractivity contribution is 0.411. The van der Waals surface area contributed by atoms with E-state index in [9.17, 15) is 4.39 Å². The van der Waals surface area contributed by atoms with Crippen LogP contribution in [0.1, 0.15) is 25.5 Å². The smallest absolute Gasteiger partial charge is 0.134 e. The number of aryl methyl sites for hydroxylation is 1. The highest BCUT2D eigenvalue weighted by atomic mass is 19.1. The van der Waals surface area contributed by atoms with Crippen molar-refractivity contribution in [3.8, 4) is 16.9 Å². The van der Waals surface area contributed by atoms with Crippen LogP contribution in [0.4, 0.5) is 10.2 Å². The molecule has 0 fully saturated rings. The number of aromatic nitrogens is 1. The van der Waals surface area contributed by atoms with E-state index in [-0.39, 0.29) is 5.82 Å². The van der Waals surface area contributed by atoms with Crippen molar-refractivity contribution in [1.29, 1.82) is 0 Å². The normalized spacial score (nSPS) is 10.9. The lowest BCUT2D eigenvalue weighted by Crippen LogP contribution is -2.05. The summed E-state index contributed by atoms with van der Waals surface area (Å²) in [4.78, 5) is 4.72. The Bertz CT molecular complexity index is 892. The van der Waals surface area contributed by atoms with Gasteiger partial charge >= 0.3 is 0 Å². The fourth-order valence-electron chi connectivity index (χ4n) is 3.07. The summed E-state index contributed by atoms with van der Waals surface area (Å²) in [6, 6.07) is 13.0. The van der Waals surface area contributed by atoms with E-state index in [1.165, 1.54) is 13.2 Å². The molecule has 3 aromatic rings. The SMILES string of the molecule is CCCCNc1nc(C)c(-c2ccc(OC)cc2F)c2ccccc12. The summed E-state index contributed by atoms with van der Waals surface area (Å²) < 4.78 is 19.8. The lowest BCUT2D eigenvalue weighted by Gasteiger charge is -2.16. The lowest BCUT2D eigenvalue weighted by atomic mass is 9.96. The third-order valence-corrected chi connectivity index (χ3v) is 4.36. The van der Waals surface area contributed by atoms with E-state index in [0.717, 1.165) is 47.2 Å². The van der Waals surface area contributed by atoms with Crippen LogP contribution in [-0.2, 0) is 0 Å². The Morgan fingerprint density at radius 3 is 2.56 bits per heavy atom. The minimum Gasteiger partial charge on any atom is -0.497 e. The molecule has 0 aliphatic carbocycles. The summed E-state index contributed by atoms with van der Waals surface area (Å²) >= 11 is 0. The Morgan fingerprint density at radius 2 is 1.88 bits per heavy atom. The molecule has 3 nitrogen and oxygen atoms in total. The number of unbranched alkanes of at least 4 members (excludes halogenated alkanes) is 1. The van der Waals surface area contributed by atoms with Gasteiger partial charge in [-0.2, -0.15) is 0 Å². The molecule has 3 rings (SSSR count). The van der Waals surface area contributed by atoms with Gasteiger partial charge in [-0.25, -0.2) is 9.37 Å². The molecule has 0 aliphatic heterocycles. The zero-order valence-corrected chi connectivity index (χ0v) is 14.9. The molecule has 0 saturated heterocycles. The topological polar surface area (TPSA) is 34.2 Å². The van der Waals surface area contributed by atoms with Gasteiger partial charge < -0.3 is 10.1 Å². The van der Waals surface area contributed by atoms with Crippen LogP contribution in [0, 0.1) is 12.7 Å². The third kappa shape index (κ3) is 3.43. The standard InChI is InChI=1S/C21H23FN2O/c1-4-5-12-23-21-17-9-7-6-8-16(17)20(14(2)24-21)18-11-10-15(25-3)13-19(18)22/h6-11,13H,4-5,12H2,1-3H3,(H,23,24). The molecule has 1 aromatic heterocycles. The molecular weight excluding hydrogens is 315 g/mol. The van der Waals surface area contributed by atoms with Crippen LogP contribution >= 0.6 is 0 Å². The highest BCUT2D eigenvalue weighted by Gasteiger charge is 2.16. The molecule has 0 spiro atoms. The molecule has 0 radical (unpaired) electrons. The van der Waals surface area contributed by atoms with Gasteiger partial charge in [0.15, 0.2) is 0 Å². The summed E-state index contributed by atoms with van der Waals surface area (Å²) in [5, 5.41) is 5.42. The van der Waals surface area contributed by atoms with Crippen LogP contribution in [0.3, 0.4) is 0 Å². The molecule has 130 valence electrons. The first kappa shape index (κ1) is 17.2. The minimum atomic E-state index is -0.305. The molecule has 2 aromatic carbocycles. The van der Waals surface area contributed by atoms with Crippen LogP contribution in [0.15, 0.2) is 42.5 Å². The summed E-state index contributed by atoms with van der Waals surface area (Å²) in [6.07, 6.45) is 2.21. The molecule has 0 aliphatic rings. The monoisotopic (exact) mass is 338 g/mol. The van der Waals surface area contributed by atoms with Crippen molar-refractivity contribution in [2.24, 2.45) is 0 Å². The molecule has 0 unspecified atom stereocenters. The van der Waals surface area contributed by atoms with Crippen LogP contribution in [0.5, 0.6) is 5.75 Å². The van der Waals surface area contributed by atoms with Crippen molar-refractivity contribution >= 4 is 16.6 Å². The number of nitrogens with zero attached hydrogens (tertiary/aromatic N) is 1. The van der Waals surface area contributed by atoms with Gasteiger partial charge in [0.1, 0.15) is 17.4 Å². The van der Waals surface area contributed by atoms with Crippen molar-refractivity contribution in [1.82, 2.24) is 4.98 Å². The zero-order valence-electron chi connectivity index (χ0n) is 14.9. The Morgan fingerprint density at radius 1 is 1.12 bits per heavy atom. The van der Waals surface area contributed by atoms with Crippen molar-refractivity contribution in [2.45, 2.75) is 26.7 Å². The van der Waals surface area contributed by atoms with Gasteiger partial charge in [-0.15, -0.1) is 0 Å². The summed E-state index contributed by atoms with van der Waals surface area (Å²) in [7, 11) is 1.54. The molecule has 0 atom stereocenters. The van der Waals surface area contributed by atoms with Gasteiger partial charge in [-0.1, -0.05) is 37.6 Å². The maximum Gasteiger partial charge on any atom is 0.134 e. The van der Waals surface area contributed by atoms with Gasteiger partial charge in [0.25, 0.3) is 0 Å². The summed E-state index contributed by atoms with van der Waals surface area (Å²) in [5.74, 6) is 1.06. The maximum atomic E-state index is 14.7. The number of ether oxygens (including phenoxy) is 1. The number of benzene rings is 2. The fraction of sp³-hybridized carbons (Fsp3) is 0.286. The van der Waals surface area contributed by atoms with Gasteiger partial charge in [0, 0.05) is 34.8 Å². The van der Waals surface area contributed by atoms with Crippen LogP contribution in [-0.4, -0.2) is 18.6 Å². The third-order valence-electron chi connectivity index (χ3n) is 4.36. The second-order valence-electron chi connectivity index (χ2n) is 6.09. The van der Waals surface area contributed by atoms with E-state index in [1.807, 2.05) is 31.2 Å². The number of anilines is 1. The number of nitrogens with one attached hydrogen (secondary N) is 1. The number of fused-ring (bicyclic) bond motifs is 1. The molecule has 4 heteroatoms. The quantitative estimate of drug-likeness (QED) is 0.597. The number of hydrogen-bond acceptors (Lipinski definition) is 3. The number of methoxy groups -OCH3 is 1. The average molecular weight is 338 g/mol. The van der Waals surface area contributed by atoms with Crippen molar-refractivity contribution < 1.29 is 9.13 Å². The number of hydrogen-bond donors (Lipinski definition) is 1. The molecule has 1 heterocycles. The van der Waals surface area contributed by atoms with Crippen LogP contribution < -0.4 is 10.1 Å². The predicted molar refractivity (Wildman–Crippen MR) is 102 cm³/mol.